The molecule has 5 nitrogen and oxygen atoms in total. The fraction of sp³-hybridized carbons (Fsp3) is 0.385. The smallest absolute Gasteiger partial charge is 0.320 e. The number of rotatable bonds is 5. The Morgan fingerprint density at radius 3 is 2.17 bits per heavy atom. The second-order valence-corrected chi connectivity index (χ2v) is 3.85. The van der Waals surface area contributed by atoms with Crippen LogP contribution >= 0.6 is 0 Å². The maximum absolute atomic E-state index is 10.4. The van der Waals surface area contributed by atoms with E-state index in [1.165, 1.54) is 0 Å². The molecule has 5 heteroatoms. The zero-order chi connectivity index (χ0) is 14.0. The van der Waals surface area contributed by atoms with Crippen LogP contribution in [0.25, 0.3) is 0 Å². The maximum atomic E-state index is 10.4. The van der Waals surface area contributed by atoms with Gasteiger partial charge in [-0.1, -0.05) is 37.3 Å². The van der Waals surface area contributed by atoms with Gasteiger partial charge < -0.3 is 16.6 Å². The Labute approximate surface area is 107 Å². The largest absolute Gasteiger partial charge is 0.480 e. The summed E-state index contributed by atoms with van der Waals surface area (Å²) >= 11 is 0. The van der Waals surface area contributed by atoms with Crippen molar-refractivity contribution in [2.45, 2.75) is 32.2 Å². The normalized spacial score (nSPS) is 11.0. The fourth-order valence-corrected chi connectivity index (χ4v) is 1.20. The Morgan fingerprint density at radius 1 is 1.28 bits per heavy atom. The minimum atomic E-state index is -0.959. The van der Waals surface area contributed by atoms with Crippen molar-refractivity contribution in [3.63, 3.8) is 0 Å². The minimum absolute atomic E-state index is 0.211. The Hall–Kier alpha value is -1.88. The van der Waals surface area contributed by atoms with E-state index in [1.807, 2.05) is 37.3 Å². The number of aliphatic carboxylic acids is 1. The molecule has 0 aliphatic heterocycles. The summed E-state index contributed by atoms with van der Waals surface area (Å²) in [5.41, 5.74) is 11.1. The molecule has 0 aromatic heterocycles. The van der Waals surface area contributed by atoms with Crippen LogP contribution in [0.15, 0.2) is 30.3 Å². The van der Waals surface area contributed by atoms with E-state index >= 15 is 0 Å². The van der Waals surface area contributed by atoms with Gasteiger partial charge in [-0.3, -0.25) is 9.59 Å². The molecule has 1 amide bonds. The van der Waals surface area contributed by atoms with Gasteiger partial charge in [-0.2, -0.15) is 0 Å². The van der Waals surface area contributed by atoms with Crippen molar-refractivity contribution in [1.29, 1.82) is 0 Å². The number of primary amides is 1. The van der Waals surface area contributed by atoms with Gasteiger partial charge >= 0.3 is 5.97 Å². The molecule has 0 heterocycles. The van der Waals surface area contributed by atoms with Crippen molar-refractivity contribution in [2.24, 2.45) is 11.5 Å². The number of carboxylic acids is 1. The van der Waals surface area contributed by atoms with Gasteiger partial charge in [0.05, 0.1) is 0 Å². The van der Waals surface area contributed by atoms with E-state index in [0.717, 1.165) is 12.0 Å². The lowest BCUT2D eigenvalue weighted by Crippen LogP contribution is -2.32. The molecule has 100 valence electrons. The van der Waals surface area contributed by atoms with Crippen LogP contribution in [-0.4, -0.2) is 23.0 Å². The number of amides is 1. The second kappa shape index (κ2) is 9.18. The molecule has 0 aliphatic rings. The molecule has 5 N–H and O–H groups in total. The third-order valence-corrected chi connectivity index (χ3v) is 2.11. The summed E-state index contributed by atoms with van der Waals surface area (Å²) < 4.78 is 0. The quantitative estimate of drug-likeness (QED) is 0.724. The predicted molar refractivity (Wildman–Crippen MR) is 69.9 cm³/mol. The van der Waals surface area contributed by atoms with E-state index in [9.17, 15) is 9.59 Å². The van der Waals surface area contributed by atoms with E-state index in [2.05, 4.69) is 0 Å². The van der Waals surface area contributed by atoms with Crippen molar-refractivity contribution in [1.82, 2.24) is 0 Å². The van der Waals surface area contributed by atoms with E-state index in [0.29, 0.717) is 12.8 Å². The van der Waals surface area contributed by atoms with Gasteiger partial charge in [0.15, 0.2) is 0 Å². The van der Waals surface area contributed by atoms with Gasteiger partial charge in [-0.05, 0) is 18.4 Å². The molecule has 0 bridgehead atoms. The lowest BCUT2D eigenvalue weighted by Gasteiger charge is -2.04. The molecule has 0 radical (unpaired) electrons. The summed E-state index contributed by atoms with van der Waals surface area (Å²) in [5.74, 6) is -1.17. The summed E-state index contributed by atoms with van der Waals surface area (Å²) in [5, 5.41) is 8.52. The molecule has 0 spiro atoms. The number of carbonyl (C=O) groups excluding carboxylic acids is 1. The zero-order valence-corrected chi connectivity index (χ0v) is 10.5. The molecule has 1 unspecified atom stereocenters. The number of hydrogen-bond acceptors (Lipinski definition) is 3. The first kappa shape index (κ1) is 16.1. The zero-order valence-electron chi connectivity index (χ0n) is 10.5. The average Bonchev–Trinajstić information content (AvgIpc) is 2.30. The van der Waals surface area contributed by atoms with Crippen LogP contribution < -0.4 is 11.5 Å². The number of carbonyl (C=O) groups is 2. The minimum Gasteiger partial charge on any atom is -0.480 e. The Kier molecular flexibility index (Phi) is 8.22. The second-order valence-electron chi connectivity index (χ2n) is 3.85. The van der Waals surface area contributed by atoms with E-state index in [1.54, 1.807) is 0 Å². The molecule has 0 saturated carbocycles. The SMILES string of the molecule is CCCC(N)=O.NC(Cc1ccccc1)C(=O)O. The van der Waals surface area contributed by atoms with Crippen LogP contribution in [0.3, 0.4) is 0 Å². The number of benzene rings is 1. The molecule has 1 rings (SSSR count). The Morgan fingerprint density at radius 2 is 1.83 bits per heavy atom. The van der Waals surface area contributed by atoms with Crippen molar-refractivity contribution in [3.05, 3.63) is 35.9 Å². The van der Waals surface area contributed by atoms with Crippen LogP contribution in [0.5, 0.6) is 0 Å². The van der Waals surface area contributed by atoms with Crippen LogP contribution in [0.1, 0.15) is 25.3 Å². The van der Waals surface area contributed by atoms with Gasteiger partial charge in [0.25, 0.3) is 0 Å². The summed E-state index contributed by atoms with van der Waals surface area (Å²) in [4.78, 5) is 20.2. The summed E-state index contributed by atoms with van der Waals surface area (Å²) in [6.07, 6.45) is 1.76. The molecular weight excluding hydrogens is 232 g/mol. The van der Waals surface area contributed by atoms with Crippen LogP contribution in [-0.2, 0) is 16.0 Å². The van der Waals surface area contributed by atoms with Crippen LogP contribution in [0.2, 0.25) is 0 Å². The lowest BCUT2D eigenvalue weighted by molar-refractivity contribution is -0.138. The highest BCUT2D eigenvalue weighted by molar-refractivity contribution is 5.73. The topological polar surface area (TPSA) is 106 Å². The molecule has 0 aliphatic carbocycles. The first-order valence-electron chi connectivity index (χ1n) is 5.78. The number of carboxylic acid groups (broad SMARTS) is 1. The van der Waals surface area contributed by atoms with E-state index in [-0.39, 0.29) is 5.91 Å². The van der Waals surface area contributed by atoms with Gasteiger partial charge in [-0.25, -0.2) is 0 Å². The molecule has 1 aromatic rings. The first-order valence-corrected chi connectivity index (χ1v) is 5.78. The van der Waals surface area contributed by atoms with Gasteiger partial charge in [-0.15, -0.1) is 0 Å². The fourth-order valence-electron chi connectivity index (χ4n) is 1.20. The third kappa shape index (κ3) is 8.29. The molecular formula is C13H20N2O3. The van der Waals surface area contributed by atoms with Crippen LogP contribution in [0, 0.1) is 0 Å². The third-order valence-electron chi connectivity index (χ3n) is 2.11. The lowest BCUT2D eigenvalue weighted by atomic mass is 10.1. The number of nitrogens with two attached hydrogens (primary N) is 2. The van der Waals surface area contributed by atoms with E-state index < -0.39 is 12.0 Å². The van der Waals surface area contributed by atoms with Gasteiger partial charge in [0.2, 0.25) is 5.91 Å². The van der Waals surface area contributed by atoms with Crippen molar-refractivity contribution >= 4 is 11.9 Å². The highest BCUT2D eigenvalue weighted by atomic mass is 16.4. The highest BCUT2D eigenvalue weighted by Crippen LogP contribution is 2.01. The summed E-state index contributed by atoms with van der Waals surface area (Å²) in [6, 6.07) is 8.54. The average molecular weight is 252 g/mol. The number of hydrogen-bond donors (Lipinski definition) is 3. The molecule has 1 atom stereocenters. The van der Waals surface area contributed by atoms with Gasteiger partial charge in [0.1, 0.15) is 6.04 Å². The van der Waals surface area contributed by atoms with Crippen molar-refractivity contribution in [2.75, 3.05) is 0 Å². The Balaban J connectivity index is 0.000000411. The van der Waals surface area contributed by atoms with Crippen molar-refractivity contribution < 1.29 is 14.7 Å². The summed E-state index contributed by atoms with van der Waals surface area (Å²) in [7, 11) is 0. The van der Waals surface area contributed by atoms with Gasteiger partial charge in [0, 0.05) is 6.42 Å². The predicted octanol–water partition coefficient (Wildman–Crippen LogP) is 0.913. The molecule has 1 aromatic carbocycles. The van der Waals surface area contributed by atoms with E-state index in [4.69, 9.17) is 16.6 Å². The Bertz CT molecular complexity index is 366. The monoisotopic (exact) mass is 252 g/mol. The first-order chi connectivity index (χ1) is 8.47. The molecule has 0 fully saturated rings. The highest BCUT2D eigenvalue weighted by Gasteiger charge is 2.10. The standard InChI is InChI=1S/C9H11NO2.C4H9NO/c10-8(9(11)12)6-7-4-2-1-3-5-7;1-2-3-4(5)6/h1-5,8H,6,10H2,(H,11,12);2-3H2,1H3,(H2,5,6). The molecule has 0 saturated heterocycles. The van der Waals surface area contributed by atoms with Crippen LogP contribution in [0.4, 0.5) is 0 Å². The van der Waals surface area contributed by atoms with Crippen molar-refractivity contribution in [3.8, 4) is 0 Å². The summed E-state index contributed by atoms with van der Waals surface area (Å²) in [6.45, 7) is 1.92. The molecule has 18 heavy (non-hydrogen) atoms. The maximum Gasteiger partial charge on any atom is 0.320 e.